The van der Waals surface area contributed by atoms with Crippen LogP contribution in [0.4, 0.5) is 5.82 Å². The van der Waals surface area contributed by atoms with E-state index >= 15 is 0 Å². The minimum absolute atomic E-state index is 0.430. The summed E-state index contributed by atoms with van der Waals surface area (Å²) < 4.78 is 5.55. The summed E-state index contributed by atoms with van der Waals surface area (Å²) >= 11 is 0. The SMILES string of the molecule is COc1ccccc1[C@H]1CCCN1Cc1ccc(N(C)C)nc1. The first kappa shape index (κ1) is 15.8. The molecule has 1 aliphatic heterocycles. The van der Waals surface area contributed by atoms with Gasteiger partial charge in [-0.3, -0.25) is 4.90 Å². The first-order chi connectivity index (χ1) is 11.2. The van der Waals surface area contributed by atoms with E-state index in [2.05, 4.69) is 40.2 Å². The van der Waals surface area contributed by atoms with Gasteiger partial charge in [-0.25, -0.2) is 4.98 Å². The number of nitrogens with zero attached hydrogens (tertiary/aromatic N) is 3. The Morgan fingerprint density at radius 1 is 1.22 bits per heavy atom. The molecule has 1 aliphatic rings. The Bertz CT molecular complexity index is 639. The molecule has 1 saturated heterocycles. The second-order valence-corrected chi connectivity index (χ2v) is 6.29. The molecule has 23 heavy (non-hydrogen) atoms. The van der Waals surface area contributed by atoms with Gasteiger partial charge in [-0.15, -0.1) is 0 Å². The van der Waals surface area contributed by atoms with E-state index in [1.807, 2.05) is 31.3 Å². The lowest BCUT2D eigenvalue weighted by Gasteiger charge is -2.26. The predicted molar refractivity (Wildman–Crippen MR) is 93.9 cm³/mol. The van der Waals surface area contributed by atoms with Gasteiger partial charge in [-0.2, -0.15) is 0 Å². The number of anilines is 1. The van der Waals surface area contributed by atoms with Crippen LogP contribution in [-0.2, 0) is 6.54 Å². The molecule has 1 aromatic heterocycles. The molecule has 0 amide bonds. The molecular formula is C19H25N3O. The summed E-state index contributed by atoms with van der Waals surface area (Å²) in [5.74, 6) is 1.99. The number of aromatic nitrogens is 1. The van der Waals surface area contributed by atoms with Crippen LogP contribution in [0.15, 0.2) is 42.6 Å². The van der Waals surface area contributed by atoms with Crippen molar-refractivity contribution < 1.29 is 4.74 Å². The Hall–Kier alpha value is -2.07. The number of likely N-dealkylation sites (tertiary alicyclic amines) is 1. The van der Waals surface area contributed by atoms with E-state index in [9.17, 15) is 0 Å². The molecule has 1 atom stereocenters. The maximum atomic E-state index is 5.55. The normalized spacial score (nSPS) is 18.1. The maximum absolute atomic E-state index is 5.55. The molecular weight excluding hydrogens is 286 g/mol. The molecule has 3 rings (SSSR count). The van der Waals surface area contributed by atoms with E-state index in [1.54, 1.807) is 7.11 Å². The van der Waals surface area contributed by atoms with E-state index in [-0.39, 0.29) is 0 Å². The van der Waals surface area contributed by atoms with Crippen LogP contribution >= 0.6 is 0 Å². The van der Waals surface area contributed by atoms with Gasteiger partial charge in [-0.1, -0.05) is 24.3 Å². The van der Waals surface area contributed by atoms with Crippen molar-refractivity contribution in [3.05, 3.63) is 53.7 Å². The lowest BCUT2D eigenvalue weighted by molar-refractivity contribution is 0.243. The van der Waals surface area contributed by atoms with Crippen molar-refractivity contribution in [3.63, 3.8) is 0 Å². The molecule has 0 unspecified atom stereocenters. The van der Waals surface area contributed by atoms with Crippen molar-refractivity contribution in [3.8, 4) is 5.75 Å². The Balaban J connectivity index is 1.76. The van der Waals surface area contributed by atoms with Crippen LogP contribution in [0.25, 0.3) is 0 Å². The third kappa shape index (κ3) is 3.48. The smallest absolute Gasteiger partial charge is 0.127 e. The van der Waals surface area contributed by atoms with Crippen molar-refractivity contribution in [2.24, 2.45) is 0 Å². The number of pyridine rings is 1. The van der Waals surface area contributed by atoms with Crippen LogP contribution in [-0.4, -0.2) is 37.6 Å². The highest BCUT2D eigenvalue weighted by Gasteiger charge is 2.28. The molecule has 0 saturated carbocycles. The standard InChI is InChI=1S/C19H25N3O/c1-21(2)19-11-10-15(13-20-19)14-22-12-6-8-17(22)16-7-4-5-9-18(16)23-3/h4-5,7,9-11,13,17H,6,8,12,14H2,1-3H3/t17-/m1/s1. The zero-order chi connectivity index (χ0) is 16.2. The molecule has 122 valence electrons. The van der Waals surface area contributed by atoms with Gasteiger partial charge in [0.25, 0.3) is 0 Å². The van der Waals surface area contributed by atoms with Crippen molar-refractivity contribution in [1.82, 2.24) is 9.88 Å². The summed E-state index contributed by atoms with van der Waals surface area (Å²) in [5.41, 5.74) is 2.56. The largest absolute Gasteiger partial charge is 0.496 e. The van der Waals surface area contributed by atoms with Gasteiger partial charge >= 0.3 is 0 Å². The average molecular weight is 311 g/mol. The summed E-state index contributed by atoms with van der Waals surface area (Å²) in [7, 11) is 5.78. The molecule has 0 spiro atoms. The van der Waals surface area contributed by atoms with Gasteiger partial charge in [0.1, 0.15) is 11.6 Å². The van der Waals surface area contributed by atoms with Gasteiger partial charge < -0.3 is 9.64 Å². The summed E-state index contributed by atoms with van der Waals surface area (Å²) in [5, 5.41) is 0. The molecule has 0 N–H and O–H groups in total. The summed E-state index contributed by atoms with van der Waals surface area (Å²) in [6, 6.07) is 13.1. The van der Waals surface area contributed by atoms with Crippen LogP contribution < -0.4 is 9.64 Å². The molecule has 0 radical (unpaired) electrons. The van der Waals surface area contributed by atoms with Crippen LogP contribution in [0.2, 0.25) is 0 Å². The Morgan fingerprint density at radius 3 is 2.74 bits per heavy atom. The fourth-order valence-corrected chi connectivity index (χ4v) is 3.32. The molecule has 1 aromatic carbocycles. The van der Waals surface area contributed by atoms with Gasteiger partial charge in [0, 0.05) is 38.4 Å². The number of hydrogen-bond acceptors (Lipinski definition) is 4. The van der Waals surface area contributed by atoms with E-state index < -0.39 is 0 Å². The Kier molecular flexibility index (Phi) is 4.82. The highest BCUT2D eigenvalue weighted by atomic mass is 16.5. The van der Waals surface area contributed by atoms with Crippen LogP contribution in [0.1, 0.15) is 30.0 Å². The van der Waals surface area contributed by atoms with Crippen LogP contribution in [0.5, 0.6) is 5.75 Å². The predicted octanol–water partition coefficient (Wildman–Crippen LogP) is 3.49. The topological polar surface area (TPSA) is 28.6 Å². The zero-order valence-electron chi connectivity index (χ0n) is 14.2. The summed E-state index contributed by atoms with van der Waals surface area (Å²) in [6.07, 6.45) is 4.41. The molecule has 4 heteroatoms. The third-order valence-corrected chi connectivity index (χ3v) is 4.51. The number of ether oxygens (including phenoxy) is 1. The van der Waals surface area contributed by atoms with Crippen molar-refractivity contribution in [2.75, 3.05) is 32.6 Å². The molecule has 1 fully saturated rings. The first-order valence-electron chi connectivity index (χ1n) is 8.18. The molecule has 4 nitrogen and oxygen atoms in total. The molecule has 2 aromatic rings. The van der Waals surface area contributed by atoms with Crippen molar-refractivity contribution in [2.45, 2.75) is 25.4 Å². The molecule has 0 bridgehead atoms. The first-order valence-corrected chi connectivity index (χ1v) is 8.18. The summed E-state index contributed by atoms with van der Waals surface area (Å²) in [4.78, 5) is 9.08. The van der Waals surface area contributed by atoms with Crippen molar-refractivity contribution in [1.29, 1.82) is 0 Å². The number of rotatable bonds is 5. The molecule has 2 heterocycles. The minimum Gasteiger partial charge on any atom is -0.496 e. The van der Waals surface area contributed by atoms with Gasteiger partial charge in [-0.05, 0) is 37.1 Å². The van der Waals surface area contributed by atoms with E-state index in [1.165, 1.54) is 24.0 Å². The van der Waals surface area contributed by atoms with Gasteiger partial charge in [0.05, 0.1) is 7.11 Å². The average Bonchev–Trinajstić information content (AvgIpc) is 3.03. The number of para-hydroxylation sites is 1. The lowest BCUT2D eigenvalue weighted by atomic mass is 10.0. The second-order valence-electron chi connectivity index (χ2n) is 6.29. The highest BCUT2D eigenvalue weighted by Crippen LogP contribution is 2.37. The fraction of sp³-hybridized carbons (Fsp3) is 0.421. The monoisotopic (exact) mass is 311 g/mol. The van der Waals surface area contributed by atoms with E-state index in [0.717, 1.165) is 24.7 Å². The van der Waals surface area contributed by atoms with E-state index in [4.69, 9.17) is 4.74 Å². The summed E-state index contributed by atoms with van der Waals surface area (Å²) in [6.45, 7) is 2.06. The van der Waals surface area contributed by atoms with Gasteiger partial charge in [0.15, 0.2) is 0 Å². The quantitative estimate of drug-likeness (QED) is 0.845. The zero-order valence-corrected chi connectivity index (χ0v) is 14.2. The van der Waals surface area contributed by atoms with E-state index in [0.29, 0.717) is 6.04 Å². The fourth-order valence-electron chi connectivity index (χ4n) is 3.32. The maximum Gasteiger partial charge on any atom is 0.127 e. The number of methoxy groups -OCH3 is 1. The second kappa shape index (κ2) is 7.01. The third-order valence-electron chi connectivity index (χ3n) is 4.51. The number of hydrogen-bond donors (Lipinski definition) is 0. The van der Waals surface area contributed by atoms with Gasteiger partial charge in [0.2, 0.25) is 0 Å². The lowest BCUT2D eigenvalue weighted by Crippen LogP contribution is -2.23. The molecule has 0 aliphatic carbocycles. The minimum atomic E-state index is 0.430. The highest BCUT2D eigenvalue weighted by molar-refractivity contribution is 5.38. The van der Waals surface area contributed by atoms with Crippen LogP contribution in [0, 0.1) is 0 Å². The van der Waals surface area contributed by atoms with Crippen molar-refractivity contribution >= 4 is 5.82 Å². The number of benzene rings is 1. The van der Waals surface area contributed by atoms with Crippen LogP contribution in [0.3, 0.4) is 0 Å². The Labute approximate surface area is 138 Å². The Morgan fingerprint density at radius 2 is 2.04 bits per heavy atom.